The molecule has 0 radical (unpaired) electrons. The average molecular weight is 461 g/mol. The van der Waals surface area contributed by atoms with Crippen molar-refractivity contribution < 1.29 is 27.8 Å². The summed E-state index contributed by atoms with van der Waals surface area (Å²) in [6.45, 7) is 3.19. The second-order valence-electron chi connectivity index (χ2n) is 7.44. The molecule has 0 fully saturated rings. The maximum atomic E-state index is 12.7. The van der Waals surface area contributed by atoms with Crippen LogP contribution in [0.25, 0.3) is 32.5 Å². The Kier molecular flexibility index (Phi) is 5.56. The van der Waals surface area contributed by atoms with E-state index in [1.54, 1.807) is 32.2 Å². The van der Waals surface area contributed by atoms with Gasteiger partial charge in [-0.15, -0.1) is 11.3 Å². The summed E-state index contributed by atoms with van der Waals surface area (Å²) in [5.74, 6) is -1.65. The molecule has 162 valence electrons. The highest BCUT2D eigenvalue weighted by Crippen LogP contribution is 2.34. The molecule has 1 atom stereocenters. The molecule has 8 nitrogen and oxygen atoms in total. The highest BCUT2D eigenvalue weighted by Gasteiger charge is 2.28. The predicted octanol–water partition coefficient (Wildman–Crippen LogP) is 3.59. The average Bonchev–Trinajstić information content (AvgIpc) is 3.35. The van der Waals surface area contributed by atoms with Gasteiger partial charge in [-0.2, -0.15) is 4.72 Å². The molecule has 0 saturated heterocycles. The van der Waals surface area contributed by atoms with Crippen LogP contribution in [0.15, 0.2) is 51.9 Å². The number of nitrogens with one attached hydrogen (secondary N) is 1. The van der Waals surface area contributed by atoms with E-state index in [-0.39, 0.29) is 11.5 Å². The van der Waals surface area contributed by atoms with Gasteiger partial charge in [-0.25, -0.2) is 13.4 Å². The van der Waals surface area contributed by atoms with Gasteiger partial charge in [0.2, 0.25) is 10.0 Å². The number of aliphatic carboxylic acids is 1. The highest BCUT2D eigenvalue weighted by molar-refractivity contribution is 7.89. The normalized spacial score (nSPS) is 13.3. The maximum Gasteiger partial charge on any atom is 0.322 e. The lowest BCUT2D eigenvalue weighted by molar-refractivity contribution is -0.140. The molecule has 4 aromatic rings. The largest absolute Gasteiger partial charge is 0.480 e. The smallest absolute Gasteiger partial charge is 0.322 e. The van der Waals surface area contributed by atoms with Crippen molar-refractivity contribution in [3.05, 3.63) is 47.5 Å². The fourth-order valence-corrected chi connectivity index (χ4v) is 5.40. The van der Waals surface area contributed by atoms with Gasteiger partial charge in [0.05, 0.1) is 16.4 Å². The van der Waals surface area contributed by atoms with E-state index in [2.05, 4.69) is 9.71 Å². The van der Waals surface area contributed by atoms with Crippen LogP contribution < -0.4 is 4.72 Å². The van der Waals surface area contributed by atoms with E-state index in [4.69, 9.17) is 4.42 Å². The first-order valence-electron chi connectivity index (χ1n) is 9.47. The van der Waals surface area contributed by atoms with Crippen molar-refractivity contribution in [3.63, 3.8) is 0 Å². The summed E-state index contributed by atoms with van der Waals surface area (Å²) in [6, 6.07) is 8.78. The van der Waals surface area contributed by atoms with Gasteiger partial charge in [-0.3, -0.25) is 4.79 Å². The van der Waals surface area contributed by atoms with Crippen molar-refractivity contribution >= 4 is 49.3 Å². The third-order valence-corrected chi connectivity index (χ3v) is 7.39. The topological polar surface area (TPSA) is 130 Å². The molecule has 0 aliphatic rings. The number of rotatable bonds is 7. The first-order valence-corrected chi connectivity index (χ1v) is 11.8. The molecule has 2 aromatic carbocycles. The quantitative estimate of drug-likeness (QED) is 0.384. The number of carboxylic acids is 1. The molecule has 0 unspecified atom stereocenters. The van der Waals surface area contributed by atoms with Crippen molar-refractivity contribution in [2.75, 3.05) is 0 Å². The third kappa shape index (κ3) is 4.07. The first-order chi connectivity index (χ1) is 14.7. The molecular weight excluding hydrogens is 440 g/mol. The molecule has 0 amide bonds. The Morgan fingerprint density at radius 2 is 1.94 bits per heavy atom. The summed E-state index contributed by atoms with van der Waals surface area (Å²) in [7, 11) is -4.05. The van der Waals surface area contributed by atoms with Gasteiger partial charge < -0.3 is 14.6 Å². The zero-order valence-corrected chi connectivity index (χ0v) is 18.3. The van der Waals surface area contributed by atoms with Crippen LogP contribution in [0.1, 0.15) is 18.7 Å². The second kappa shape index (κ2) is 8.04. The lowest BCUT2D eigenvalue weighted by Gasteiger charge is -2.17. The fraction of sp³-hybridized carbons (Fsp3) is 0.238. The number of carboxylic acid groups (broad SMARTS) is 1. The summed E-state index contributed by atoms with van der Waals surface area (Å²) in [6.07, 6.45) is 1.63. The zero-order valence-electron chi connectivity index (χ0n) is 16.7. The Hall–Kier alpha value is -2.79. The maximum absolute atomic E-state index is 12.7. The Balaban J connectivity index is 1.74. The Morgan fingerprint density at radius 1 is 1.16 bits per heavy atom. The molecule has 0 aliphatic carbocycles. The summed E-state index contributed by atoms with van der Waals surface area (Å²) in [5.41, 5.74) is 1.83. The van der Waals surface area contributed by atoms with E-state index in [0.29, 0.717) is 11.2 Å². The van der Waals surface area contributed by atoms with Crippen LogP contribution in [-0.2, 0) is 21.4 Å². The Bertz CT molecular complexity index is 1390. The van der Waals surface area contributed by atoms with Crippen LogP contribution in [0.2, 0.25) is 0 Å². The number of nitrogens with zero attached hydrogens (tertiary/aromatic N) is 1. The van der Waals surface area contributed by atoms with Crippen LogP contribution >= 0.6 is 11.3 Å². The molecule has 3 N–H and O–H groups in total. The number of benzene rings is 2. The standard InChI is InChI=1S/C21H20N2O6S2/c1-11(2)19(21(25)26)23-31(27,28)14-4-5-15-16-7-12(20-22-9-13(10-24)30-20)3-6-17(16)29-18(15)8-14/h3-9,11,19,23-24H,10H2,1-2H3,(H,25,26)/t19-/m0/s1. The number of hydrogen-bond acceptors (Lipinski definition) is 7. The van der Waals surface area contributed by atoms with Gasteiger partial charge in [0.25, 0.3) is 0 Å². The SMILES string of the molecule is CC(C)[C@H](NS(=O)(=O)c1ccc2c(c1)oc1ccc(-c3ncc(CO)s3)cc12)C(=O)O. The van der Waals surface area contributed by atoms with E-state index in [9.17, 15) is 23.4 Å². The van der Waals surface area contributed by atoms with Crippen molar-refractivity contribution in [2.45, 2.75) is 31.4 Å². The van der Waals surface area contributed by atoms with Gasteiger partial charge >= 0.3 is 5.97 Å². The number of aliphatic hydroxyl groups excluding tert-OH is 1. The molecule has 0 saturated carbocycles. The van der Waals surface area contributed by atoms with E-state index in [1.165, 1.54) is 23.5 Å². The Labute approximate surface area is 182 Å². The van der Waals surface area contributed by atoms with E-state index < -0.39 is 28.0 Å². The molecular formula is C21H20N2O6S2. The second-order valence-corrected chi connectivity index (χ2v) is 10.3. The molecule has 0 bridgehead atoms. The number of aliphatic hydroxyl groups is 1. The van der Waals surface area contributed by atoms with Crippen molar-refractivity contribution in [2.24, 2.45) is 5.92 Å². The third-order valence-electron chi connectivity index (χ3n) is 4.92. The minimum atomic E-state index is -4.05. The van der Waals surface area contributed by atoms with E-state index >= 15 is 0 Å². The fourth-order valence-electron chi connectivity index (χ4n) is 3.28. The molecule has 4 rings (SSSR count). The molecule has 0 aliphatic heterocycles. The summed E-state index contributed by atoms with van der Waals surface area (Å²) in [4.78, 5) is 16.4. The number of furan rings is 1. The van der Waals surface area contributed by atoms with Crippen molar-refractivity contribution in [1.82, 2.24) is 9.71 Å². The monoisotopic (exact) mass is 460 g/mol. The summed E-state index contributed by atoms with van der Waals surface area (Å²) in [5, 5.41) is 20.8. The number of hydrogen-bond donors (Lipinski definition) is 3. The molecule has 2 aromatic heterocycles. The summed E-state index contributed by atoms with van der Waals surface area (Å²) >= 11 is 1.39. The van der Waals surface area contributed by atoms with Crippen molar-refractivity contribution in [1.29, 1.82) is 0 Å². The molecule has 31 heavy (non-hydrogen) atoms. The number of sulfonamides is 1. The van der Waals surface area contributed by atoms with Gasteiger partial charge in [0.15, 0.2) is 0 Å². The van der Waals surface area contributed by atoms with Crippen molar-refractivity contribution in [3.8, 4) is 10.6 Å². The van der Waals surface area contributed by atoms with Crippen LogP contribution in [-0.4, -0.2) is 35.6 Å². The zero-order chi connectivity index (χ0) is 22.3. The highest BCUT2D eigenvalue weighted by atomic mass is 32.2. The molecule has 2 heterocycles. The predicted molar refractivity (Wildman–Crippen MR) is 117 cm³/mol. The van der Waals surface area contributed by atoms with Crippen LogP contribution in [0.4, 0.5) is 0 Å². The summed E-state index contributed by atoms with van der Waals surface area (Å²) < 4.78 is 33.6. The van der Waals surface area contributed by atoms with Gasteiger partial charge in [-0.1, -0.05) is 13.8 Å². The number of thiazole rings is 1. The van der Waals surface area contributed by atoms with E-state index in [0.717, 1.165) is 26.2 Å². The van der Waals surface area contributed by atoms with E-state index in [1.807, 2.05) is 12.1 Å². The minimum Gasteiger partial charge on any atom is -0.480 e. The Morgan fingerprint density at radius 3 is 2.58 bits per heavy atom. The number of carbonyl (C=O) groups is 1. The van der Waals surface area contributed by atoms with Crippen LogP contribution in [0.3, 0.4) is 0 Å². The first kappa shape index (κ1) is 21.4. The number of aromatic nitrogens is 1. The molecule has 10 heteroatoms. The van der Waals surface area contributed by atoms with Gasteiger partial charge in [0.1, 0.15) is 22.2 Å². The van der Waals surface area contributed by atoms with Crippen LogP contribution in [0.5, 0.6) is 0 Å². The van der Waals surface area contributed by atoms with Gasteiger partial charge in [-0.05, 0) is 36.2 Å². The lowest BCUT2D eigenvalue weighted by Crippen LogP contribution is -2.44. The minimum absolute atomic E-state index is 0.0701. The lowest BCUT2D eigenvalue weighted by atomic mass is 10.1. The number of fused-ring (bicyclic) bond motifs is 3. The molecule has 0 spiro atoms. The van der Waals surface area contributed by atoms with Gasteiger partial charge in [0, 0.05) is 28.6 Å². The van der Waals surface area contributed by atoms with Crippen LogP contribution in [0, 0.1) is 5.92 Å².